The molecular weight excluding hydrogens is 252 g/mol. The molecule has 0 N–H and O–H groups in total. The van der Waals surface area contributed by atoms with E-state index in [0.717, 1.165) is 12.0 Å². The molecule has 0 atom stereocenters. The van der Waals surface area contributed by atoms with Crippen LogP contribution in [0, 0.1) is 20.8 Å². The van der Waals surface area contributed by atoms with Gasteiger partial charge in [-0.2, -0.15) is 0 Å². The highest BCUT2D eigenvalue weighted by Gasteiger charge is 2.20. The minimum atomic E-state index is 0.155. The molecule has 0 bridgehead atoms. The normalized spacial score (nSPS) is 15.3. The summed E-state index contributed by atoms with van der Waals surface area (Å²) in [6.07, 6.45) is 1.31. The Labute approximate surface area is 120 Å². The summed E-state index contributed by atoms with van der Waals surface area (Å²) in [5, 5.41) is 0. The smallest absolute Gasteiger partial charge is 0.227 e. The fourth-order valence-electron chi connectivity index (χ4n) is 2.56. The molecule has 1 saturated heterocycles. The van der Waals surface area contributed by atoms with Crippen LogP contribution in [0.2, 0.25) is 0 Å². The Bertz CT molecular complexity index is 517. The molecular formula is C16H22N2O2. The Morgan fingerprint density at radius 2 is 1.65 bits per heavy atom. The van der Waals surface area contributed by atoms with E-state index in [9.17, 15) is 9.59 Å². The number of hydrogen-bond donors (Lipinski definition) is 0. The minimum absolute atomic E-state index is 0.155. The number of hydrogen-bond acceptors (Lipinski definition) is 2. The monoisotopic (exact) mass is 274 g/mol. The lowest BCUT2D eigenvalue weighted by molar-refractivity contribution is -0.134. The first kappa shape index (κ1) is 14.6. The zero-order valence-electron chi connectivity index (χ0n) is 12.5. The van der Waals surface area contributed by atoms with Crippen LogP contribution in [0.4, 0.5) is 0 Å². The second-order valence-corrected chi connectivity index (χ2v) is 5.56. The summed E-state index contributed by atoms with van der Waals surface area (Å²) in [5.74, 6) is 0.155. The summed E-state index contributed by atoms with van der Waals surface area (Å²) in [4.78, 5) is 26.6. The molecule has 4 heteroatoms. The lowest BCUT2D eigenvalue weighted by Crippen LogP contribution is -2.48. The van der Waals surface area contributed by atoms with Gasteiger partial charge in [-0.15, -0.1) is 0 Å². The van der Waals surface area contributed by atoms with E-state index in [1.165, 1.54) is 16.7 Å². The van der Waals surface area contributed by atoms with Crippen molar-refractivity contribution in [3.63, 3.8) is 0 Å². The maximum absolute atomic E-state index is 12.3. The molecule has 1 aromatic rings. The first-order valence-electron chi connectivity index (χ1n) is 7.05. The highest BCUT2D eigenvalue weighted by atomic mass is 16.2. The fourth-order valence-corrected chi connectivity index (χ4v) is 2.56. The molecule has 108 valence electrons. The van der Waals surface area contributed by atoms with Crippen LogP contribution in [0.15, 0.2) is 12.1 Å². The standard InChI is InChI=1S/C16H22N2O2/c1-12-8-14(3)15(9-13(12)2)10-16(20)18-6-4-17(11-19)5-7-18/h8-9,11H,4-7,10H2,1-3H3. The van der Waals surface area contributed by atoms with Crippen LogP contribution in [0.25, 0.3) is 0 Å². The second kappa shape index (κ2) is 6.07. The van der Waals surface area contributed by atoms with E-state index in [1.807, 2.05) is 4.90 Å². The van der Waals surface area contributed by atoms with Gasteiger partial charge in [0.15, 0.2) is 0 Å². The van der Waals surface area contributed by atoms with Crippen molar-refractivity contribution in [3.05, 3.63) is 34.4 Å². The van der Waals surface area contributed by atoms with Crippen LogP contribution in [0.3, 0.4) is 0 Å². The quantitative estimate of drug-likeness (QED) is 0.783. The van der Waals surface area contributed by atoms with Crippen molar-refractivity contribution < 1.29 is 9.59 Å². The Morgan fingerprint density at radius 1 is 1.05 bits per heavy atom. The number of benzene rings is 1. The van der Waals surface area contributed by atoms with Gasteiger partial charge in [0.2, 0.25) is 12.3 Å². The van der Waals surface area contributed by atoms with Gasteiger partial charge >= 0.3 is 0 Å². The molecule has 1 aromatic carbocycles. The summed E-state index contributed by atoms with van der Waals surface area (Å²) in [7, 11) is 0. The Hall–Kier alpha value is -1.84. The van der Waals surface area contributed by atoms with E-state index >= 15 is 0 Å². The molecule has 1 aliphatic heterocycles. The van der Waals surface area contributed by atoms with Crippen molar-refractivity contribution in [1.29, 1.82) is 0 Å². The fraction of sp³-hybridized carbons (Fsp3) is 0.500. The number of piperazine rings is 1. The molecule has 0 unspecified atom stereocenters. The first-order valence-corrected chi connectivity index (χ1v) is 7.05. The number of aryl methyl sites for hydroxylation is 3. The lowest BCUT2D eigenvalue weighted by Gasteiger charge is -2.32. The Balaban J connectivity index is 2.02. The van der Waals surface area contributed by atoms with Crippen molar-refractivity contribution in [2.75, 3.05) is 26.2 Å². The third-order valence-corrected chi connectivity index (χ3v) is 4.11. The van der Waals surface area contributed by atoms with E-state index in [2.05, 4.69) is 32.9 Å². The summed E-state index contributed by atoms with van der Waals surface area (Å²) < 4.78 is 0. The average molecular weight is 274 g/mol. The van der Waals surface area contributed by atoms with Crippen LogP contribution < -0.4 is 0 Å². The van der Waals surface area contributed by atoms with E-state index in [4.69, 9.17) is 0 Å². The molecule has 2 amide bonds. The zero-order valence-corrected chi connectivity index (χ0v) is 12.5. The summed E-state index contributed by atoms with van der Waals surface area (Å²) in [5.41, 5.74) is 4.77. The van der Waals surface area contributed by atoms with Crippen LogP contribution in [0.1, 0.15) is 22.3 Å². The summed E-state index contributed by atoms with van der Waals surface area (Å²) >= 11 is 0. The van der Waals surface area contributed by atoms with Gasteiger partial charge in [-0.25, -0.2) is 0 Å². The van der Waals surface area contributed by atoms with E-state index < -0.39 is 0 Å². The molecule has 0 saturated carbocycles. The third-order valence-electron chi connectivity index (χ3n) is 4.11. The van der Waals surface area contributed by atoms with Crippen molar-refractivity contribution in [2.24, 2.45) is 0 Å². The molecule has 2 rings (SSSR count). The van der Waals surface area contributed by atoms with Gasteiger partial charge in [-0.05, 0) is 43.0 Å². The van der Waals surface area contributed by atoms with Gasteiger partial charge in [-0.3, -0.25) is 9.59 Å². The summed E-state index contributed by atoms with van der Waals surface area (Å²) in [6.45, 7) is 8.78. The van der Waals surface area contributed by atoms with Crippen LogP contribution in [0.5, 0.6) is 0 Å². The molecule has 4 nitrogen and oxygen atoms in total. The maximum atomic E-state index is 12.3. The SMILES string of the molecule is Cc1cc(C)c(CC(=O)N2CCN(C=O)CC2)cc1C. The molecule has 1 aliphatic rings. The zero-order chi connectivity index (χ0) is 14.7. The number of carbonyl (C=O) groups excluding carboxylic acids is 2. The van der Waals surface area contributed by atoms with Crippen molar-refractivity contribution in [2.45, 2.75) is 27.2 Å². The summed E-state index contributed by atoms with van der Waals surface area (Å²) in [6, 6.07) is 4.26. The van der Waals surface area contributed by atoms with Gasteiger partial charge in [0.1, 0.15) is 0 Å². The predicted molar refractivity (Wildman–Crippen MR) is 78.6 cm³/mol. The molecule has 0 aliphatic carbocycles. The highest BCUT2D eigenvalue weighted by Crippen LogP contribution is 2.17. The minimum Gasteiger partial charge on any atom is -0.342 e. The molecule has 0 spiro atoms. The van der Waals surface area contributed by atoms with Crippen LogP contribution in [-0.2, 0) is 16.0 Å². The predicted octanol–water partition coefficient (Wildman–Crippen LogP) is 1.45. The lowest BCUT2D eigenvalue weighted by atomic mass is 9.98. The molecule has 0 aromatic heterocycles. The van der Waals surface area contributed by atoms with Crippen molar-refractivity contribution >= 4 is 12.3 Å². The van der Waals surface area contributed by atoms with E-state index in [0.29, 0.717) is 32.6 Å². The van der Waals surface area contributed by atoms with Gasteiger partial charge in [0.25, 0.3) is 0 Å². The second-order valence-electron chi connectivity index (χ2n) is 5.56. The Kier molecular flexibility index (Phi) is 4.42. The average Bonchev–Trinajstić information content (AvgIpc) is 2.44. The van der Waals surface area contributed by atoms with Gasteiger partial charge in [-0.1, -0.05) is 12.1 Å². The van der Waals surface area contributed by atoms with Crippen molar-refractivity contribution in [1.82, 2.24) is 9.80 Å². The number of carbonyl (C=O) groups is 2. The topological polar surface area (TPSA) is 40.6 Å². The number of amides is 2. The van der Waals surface area contributed by atoms with Crippen LogP contribution >= 0.6 is 0 Å². The molecule has 1 fully saturated rings. The van der Waals surface area contributed by atoms with Gasteiger partial charge < -0.3 is 9.80 Å². The van der Waals surface area contributed by atoms with Crippen LogP contribution in [-0.4, -0.2) is 48.3 Å². The van der Waals surface area contributed by atoms with Gasteiger partial charge in [0, 0.05) is 26.2 Å². The number of nitrogens with zero attached hydrogens (tertiary/aromatic N) is 2. The molecule has 0 radical (unpaired) electrons. The maximum Gasteiger partial charge on any atom is 0.227 e. The van der Waals surface area contributed by atoms with Crippen molar-refractivity contribution in [3.8, 4) is 0 Å². The first-order chi connectivity index (χ1) is 9.51. The largest absolute Gasteiger partial charge is 0.342 e. The number of rotatable bonds is 3. The Morgan fingerprint density at radius 3 is 2.25 bits per heavy atom. The van der Waals surface area contributed by atoms with Gasteiger partial charge in [0.05, 0.1) is 6.42 Å². The molecule has 20 heavy (non-hydrogen) atoms. The van der Waals surface area contributed by atoms with E-state index in [-0.39, 0.29) is 5.91 Å². The highest BCUT2D eigenvalue weighted by molar-refractivity contribution is 5.79. The molecule has 1 heterocycles. The van der Waals surface area contributed by atoms with E-state index in [1.54, 1.807) is 4.90 Å². The third kappa shape index (κ3) is 3.18.